The number of hydrogen-bond acceptors (Lipinski definition) is 3. The largest absolute Gasteiger partial charge is 0.329 e. The summed E-state index contributed by atoms with van der Waals surface area (Å²) in [5.74, 6) is 0.920. The fourth-order valence-electron chi connectivity index (χ4n) is 3.24. The lowest BCUT2D eigenvalue weighted by Gasteiger charge is -2.46. The molecule has 0 aromatic carbocycles. The van der Waals surface area contributed by atoms with E-state index in [0.717, 1.165) is 19.0 Å². The minimum absolute atomic E-state index is 0.222. The summed E-state index contributed by atoms with van der Waals surface area (Å²) in [7, 11) is 2.24. The number of likely N-dealkylation sites (N-methyl/N-ethyl adjacent to an activating group) is 1. The van der Waals surface area contributed by atoms with Crippen molar-refractivity contribution in [3.05, 3.63) is 20.8 Å². The molecule has 1 aromatic heterocycles. The minimum Gasteiger partial charge on any atom is -0.329 e. The Bertz CT molecular complexity index is 397. The van der Waals surface area contributed by atoms with E-state index in [2.05, 4.69) is 46.2 Å². The van der Waals surface area contributed by atoms with E-state index in [9.17, 15) is 0 Å². The van der Waals surface area contributed by atoms with Crippen LogP contribution in [0.2, 0.25) is 0 Å². The highest BCUT2D eigenvalue weighted by Gasteiger charge is 2.37. The first kappa shape index (κ1) is 15.5. The van der Waals surface area contributed by atoms with E-state index in [1.54, 1.807) is 11.3 Å². The Morgan fingerprint density at radius 2 is 2.16 bits per heavy atom. The highest BCUT2D eigenvalue weighted by molar-refractivity contribution is 9.11. The van der Waals surface area contributed by atoms with Crippen molar-refractivity contribution in [2.24, 2.45) is 11.7 Å². The monoisotopic (exact) mass is 344 g/mol. The van der Waals surface area contributed by atoms with E-state index in [0.29, 0.717) is 0 Å². The molecule has 1 aromatic rings. The molecule has 108 valence electrons. The molecule has 0 saturated heterocycles. The van der Waals surface area contributed by atoms with Crippen LogP contribution < -0.4 is 5.73 Å². The van der Waals surface area contributed by atoms with Crippen LogP contribution >= 0.6 is 27.3 Å². The quantitative estimate of drug-likeness (QED) is 0.865. The molecule has 0 unspecified atom stereocenters. The summed E-state index contributed by atoms with van der Waals surface area (Å²) in [6, 6.07) is 2.23. The number of hydrogen-bond donors (Lipinski definition) is 1. The summed E-state index contributed by atoms with van der Waals surface area (Å²) in [5.41, 5.74) is 7.75. The summed E-state index contributed by atoms with van der Waals surface area (Å²) >= 11 is 5.30. The van der Waals surface area contributed by atoms with Crippen LogP contribution in [0.15, 0.2) is 15.2 Å². The second-order valence-corrected chi connectivity index (χ2v) is 8.19. The first-order valence-electron chi connectivity index (χ1n) is 7.24. The van der Waals surface area contributed by atoms with E-state index < -0.39 is 0 Å². The van der Waals surface area contributed by atoms with Crippen molar-refractivity contribution in [2.45, 2.75) is 51.1 Å². The normalized spacial score (nSPS) is 27.9. The van der Waals surface area contributed by atoms with Crippen LogP contribution in [0.5, 0.6) is 0 Å². The molecular weight excluding hydrogens is 320 g/mol. The van der Waals surface area contributed by atoms with Crippen molar-refractivity contribution >= 4 is 27.3 Å². The van der Waals surface area contributed by atoms with Crippen LogP contribution in [0, 0.1) is 5.92 Å². The van der Waals surface area contributed by atoms with Crippen LogP contribution in [0.4, 0.5) is 0 Å². The van der Waals surface area contributed by atoms with Gasteiger partial charge in [-0.05, 0) is 71.6 Å². The predicted molar refractivity (Wildman–Crippen MR) is 87.5 cm³/mol. The van der Waals surface area contributed by atoms with Gasteiger partial charge >= 0.3 is 0 Å². The maximum absolute atomic E-state index is 6.14. The molecule has 2 N–H and O–H groups in total. The highest BCUT2D eigenvalue weighted by Crippen LogP contribution is 2.37. The number of thiophene rings is 1. The zero-order valence-corrected chi connectivity index (χ0v) is 14.4. The molecule has 2 nitrogen and oxygen atoms in total. The van der Waals surface area contributed by atoms with Crippen molar-refractivity contribution in [1.82, 2.24) is 4.90 Å². The zero-order chi connectivity index (χ0) is 13.9. The van der Waals surface area contributed by atoms with Crippen LogP contribution in [-0.2, 0) is 6.54 Å². The van der Waals surface area contributed by atoms with Crippen LogP contribution in [0.1, 0.15) is 44.6 Å². The van der Waals surface area contributed by atoms with Gasteiger partial charge in [-0.2, -0.15) is 0 Å². The fraction of sp³-hybridized carbons (Fsp3) is 0.733. The Morgan fingerprint density at radius 1 is 1.47 bits per heavy atom. The summed E-state index contributed by atoms with van der Waals surface area (Å²) in [6.45, 7) is 4.11. The molecule has 19 heavy (non-hydrogen) atoms. The molecule has 0 atom stereocenters. The molecule has 1 fully saturated rings. The minimum atomic E-state index is 0.222. The molecule has 0 bridgehead atoms. The third kappa shape index (κ3) is 3.60. The van der Waals surface area contributed by atoms with E-state index in [1.165, 1.54) is 41.5 Å². The van der Waals surface area contributed by atoms with Crippen molar-refractivity contribution in [3.63, 3.8) is 0 Å². The summed E-state index contributed by atoms with van der Waals surface area (Å²) < 4.78 is 1.22. The lowest BCUT2D eigenvalue weighted by atomic mass is 9.74. The predicted octanol–water partition coefficient (Wildman–Crippen LogP) is 4.24. The number of rotatable bonds is 5. The SMILES string of the molecule is CCC1CCC(CN)(N(C)Cc2csc(Br)c2)CC1. The van der Waals surface area contributed by atoms with Gasteiger partial charge in [-0.15, -0.1) is 11.3 Å². The molecule has 0 amide bonds. The molecule has 1 heterocycles. The Hall–Kier alpha value is 0.100. The van der Waals surface area contributed by atoms with E-state index in [4.69, 9.17) is 5.73 Å². The van der Waals surface area contributed by atoms with Gasteiger partial charge in [0.1, 0.15) is 0 Å². The molecule has 2 rings (SSSR count). The van der Waals surface area contributed by atoms with E-state index in [-0.39, 0.29) is 5.54 Å². The summed E-state index contributed by atoms with van der Waals surface area (Å²) in [5, 5.41) is 2.24. The van der Waals surface area contributed by atoms with Gasteiger partial charge in [-0.3, -0.25) is 4.90 Å². The van der Waals surface area contributed by atoms with Gasteiger partial charge < -0.3 is 5.73 Å². The maximum atomic E-state index is 6.14. The third-order valence-corrected chi connectivity index (χ3v) is 6.40. The van der Waals surface area contributed by atoms with Gasteiger partial charge in [0, 0.05) is 18.6 Å². The Labute approximate surface area is 129 Å². The molecular formula is C15H25BrN2S. The number of halogens is 1. The van der Waals surface area contributed by atoms with Crippen molar-refractivity contribution in [1.29, 1.82) is 0 Å². The third-order valence-electron chi connectivity index (χ3n) is 4.84. The first-order valence-corrected chi connectivity index (χ1v) is 8.91. The maximum Gasteiger partial charge on any atom is 0.0701 e. The highest BCUT2D eigenvalue weighted by atomic mass is 79.9. The summed E-state index contributed by atoms with van der Waals surface area (Å²) in [6.07, 6.45) is 6.51. The fourth-order valence-corrected chi connectivity index (χ4v) is 4.44. The van der Waals surface area contributed by atoms with Crippen molar-refractivity contribution in [2.75, 3.05) is 13.6 Å². The van der Waals surface area contributed by atoms with Gasteiger partial charge in [-0.1, -0.05) is 13.3 Å². The first-order chi connectivity index (χ1) is 9.09. The standard InChI is InChI=1S/C15H25BrN2S/c1-3-12-4-6-15(11-17,7-5-12)18(2)9-13-8-14(16)19-10-13/h8,10,12H,3-7,9,11,17H2,1-2H3. The van der Waals surface area contributed by atoms with E-state index in [1.807, 2.05) is 0 Å². The molecule has 1 saturated carbocycles. The average Bonchev–Trinajstić information content (AvgIpc) is 2.84. The molecule has 4 heteroatoms. The van der Waals surface area contributed by atoms with Gasteiger partial charge in [0.2, 0.25) is 0 Å². The number of nitrogens with zero attached hydrogens (tertiary/aromatic N) is 1. The Balaban J connectivity index is 2.00. The van der Waals surface area contributed by atoms with Gasteiger partial charge in [0.05, 0.1) is 3.79 Å². The lowest BCUT2D eigenvalue weighted by Crippen LogP contribution is -2.53. The van der Waals surface area contributed by atoms with Crippen LogP contribution in [-0.4, -0.2) is 24.0 Å². The Morgan fingerprint density at radius 3 is 2.63 bits per heavy atom. The number of nitrogens with two attached hydrogens (primary N) is 1. The Kier molecular flexibility index (Phi) is 5.46. The molecule has 1 aliphatic rings. The average molecular weight is 345 g/mol. The van der Waals surface area contributed by atoms with Crippen molar-refractivity contribution < 1.29 is 0 Å². The van der Waals surface area contributed by atoms with Crippen LogP contribution in [0.3, 0.4) is 0 Å². The molecule has 0 radical (unpaired) electrons. The van der Waals surface area contributed by atoms with Gasteiger partial charge in [-0.25, -0.2) is 0 Å². The topological polar surface area (TPSA) is 29.3 Å². The van der Waals surface area contributed by atoms with Gasteiger partial charge in [0.15, 0.2) is 0 Å². The second-order valence-electron chi connectivity index (χ2n) is 5.90. The van der Waals surface area contributed by atoms with Crippen molar-refractivity contribution in [3.8, 4) is 0 Å². The molecule has 0 aliphatic heterocycles. The molecule has 0 spiro atoms. The summed E-state index contributed by atoms with van der Waals surface area (Å²) in [4.78, 5) is 2.49. The smallest absolute Gasteiger partial charge is 0.0701 e. The zero-order valence-electron chi connectivity index (χ0n) is 12.0. The lowest BCUT2D eigenvalue weighted by molar-refractivity contribution is 0.0580. The van der Waals surface area contributed by atoms with Crippen LogP contribution in [0.25, 0.3) is 0 Å². The second kappa shape index (κ2) is 6.70. The van der Waals surface area contributed by atoms with E-state index >= 15 is 0 Å². The molecule has 1 aliphatic carbocycles. The van der Waals surface area contributed by atoms with Gasteiger partial charge in [0.25, 0.3) is 0 Å².